The van der Waals surface area contributed by atoms with E-state index in [1.165, 1.54) is 0 Å². The van der Waals surface area contributed by atoms with Gasteiger partial charge in [-0.05, 0) is 24.6 Å². The summed E-state index contributed by atoms with van der Waals surface area (Å²) in [4.78, 5) is 17.0. The third-order valence-electron chi connectivity index (χ3n) is 4.07. The first-order valence-corrected chi connectivity index (χ1v) is 8.00. The first-order valence-electron chi connectivity index (χ1n) is 8.00. The molecule has 0 bridgehead atoms. The summed E-state index contributed by atoms with van der Waals surface area (Å²) < 4.78 is 12.7. The summed E-state index contributed by atoms with van der Waals surface area (Å²) in [5, 5.41) is 0.940. The monoisotopic (exact) mass is 400 g/mol. The van der Waals surface area contributed by atoms with E-state index in [4.69, 9.17) is 9.47 Å². The zero-order valence-electron chi connectivity index (χ0n) is 13.7. The minimum Gasteiger partial charge on any atom is -1.00 e. The predicted molar refractivity (Wildman–Crippen MR) is 88.4 cm³/mol. The molecular formula is C19H17BrN2O3. The molecule has 25 heavy (non-hydrogen) atoms. The Morgan fingerprint density at radius 1 is 1.24 bits per heavy atom. The Morgan fingerprint density at radius 2 is 2.04 bits per heavy atom. The summed E-state index contributed by atoms with van der Waals surface area (Å²) in [6, 6.07) is 11.7. The number of hydrogen-bond donors (Lipinski definition) is 0. The van der Waals surface area contributed by atoms with Crippen LogP contribution in [0.25, 0.3) is 16.6 Å². The highest BCUT2D eigenvalue weighted by atomic mass is 79.9. The molecule has 128 valence electrons. The molecule has 0 fully saturated rings. The zero-order valence-corrected chi connectivity index (χ0v) is 15.3. The molecular weight excluding hydrogens is 384 g/mol. The van der Waals surface area contributed by atoms with Crippen molar-refractivity contribution < 1.29 is 35.8 Å². The number of ether oxygens (including phenoxy) is 2. The number of esters is 1. The van der Waals surface area contributed by atoms with E-state index in [1.807, 2.05) is 53.4 Å². The molecule has 0 N–H and O–H groups in total. The van der Waals surface area contributed by atoms with Crippen LogP contribution >= 0.6 is 0 Å². The zero-order chi connectivity index (χ0) is 16.5. The lowest BCUT2D eigenvalue weighted by molar-refractivity contribution is -0.596. The van der Waals surface area contributed by atoms with Gasteiger partial charge in [-0.15, -0.1) is 0 Å². The second kappa shape index (κ2) is 7.19. The Kier molecular flexibility index (Phi) is 4.99. The minimum atomic E-state index is -0.414. The third-order valence-corrected chi connectivity index (χ3v) is 4.07. The van der Waals surface area contributed by atoms with Crippen molar-refractivity contribution in [2.45, 2.75) is 13.3 Å². The Hall–Kier alpha value is -2.47. The summed E-state index contributed by atoms with van der Waals surface area (Å²) in [6.07, 6.45) is 4.64. The van der Waals surface area contributed by atoms with Crippen LogP contribution in [-0.2, 0) is 11.2 Å². The highest BCUT2D eigenvalue weighted by Gasteiger charge is 2.24. The van der Waals surface area contributed by atoms with Crippen LogP contribution in [0.15, 0.2) is 48.8 Å². The van der Waals surface area contributed by atoms with Crippen molar-refractivity contribution in [3.05, 3.63) is 60.0 Å². The average Bonchev–Trinajstić information content (AvgIpc) is 3.06. The first kappa shape index (κ1) is 17.4. The van der Waals surface area contributed by atoms with Gasteiger partial charge in [-0.1, -0.05) is 6.07 Å². The van der Waals surface area contributed by atoms with E-state index in [-0.39, 0.29) is 17.0 Å². The van der Waals surface area contributed by atoms with Crippen LogP contribution in [0.4, 0.5) is 0 Å². The fraction of sp³-hybridized carbons (Fsp3) is 0.211. The maximum absolute atomic E-state index is 12.4. The van der Waals surface area contributed by atoms with Gasteiger partial charge in [-0.3, -0.25) is 0 Å². The predicted octanol–water partition coefficient (Wildman–Crippen LogP) is -0.373. The summed E-state index contributed by atoms with van der Waals surface area (Å²) in [5.74, 6) is 0.486. The number of fused-ring (bicyclic) bond motifs is 2. The normalized spacial score (nSPS) is 12.2. The van der Waals surface area contributed by atoms with Gasteiger partial charge in [0.15, 0.2) is 12.4 Å². The van der Waals surface area contributed by atoms with Crippen molar-refractivity contribution in [2.75, 3.05) is 13.2 Å². The van der Waals surface area contributed by atoms with Crippen LogP contribution in [-0.4, -0.2) is 24.2 Å². The summed E-state index contributed by atoms with van der Waals surface area (Å²) in [5.41, 5.74) is 2.92. The molecule has 0 spiro atoms. The molecule has 1 aliphatic heterocycles. The van der Waals surface area contributed by atoms with Gasteiger partial charge >= 0.3 is 5.97 Å². The molecule has 5 nitrogen and oxygen atoms in total. The lowest BCUT2D eigenvalue weighted by atomic mass is 10.1. The van der Waals surface area contributed by atoms with Crippen LogP contribution in [0.3, 0.4) is 0 Å². The van der Waals surface area contributed by atoms with Crippen LogP contribution < -0.4 is 26.3 Å². The average molecular weight is 401 g/mol. The molecule has 0 unspecified atom stereocenters. The molecule has 4 rings (SSSR count). The number of hydrogen-bond acceptors (Lipinski definition) is 4. The lowest BCUT2D eigenvalue weighted by Crippen LogP contribution is -3.00. The number of rotatable bonds is 3. The van der Waals surface area contributed by atoms with Crippen molar-refractivity contribution in [1.29, 1.82) is 0 Å². The van der Waals surface area contributed by atoms with Crippen molar-refractivity contribution in [3.63, 3.8) is 0 Å². The van der Waals surface area contributed by atoms with Gasteiger partial charge in [0.05, 0.1) is 18.7 Å². The maximum Gasteiger partial charge on any atom is 0.363 e. The van der Waals surface area contributed by atoms with Gasteiger partial charge in [0.2, 0.25) is 11.4 Å². The Bertz CT molecular complexity index is 929. The Labute approximate surface area is 156 Å². The quantitative estimate of drug-likeness (QED) is 0.444. The summed E-state index contributed by atoms with van der Waals surface area (Å²) in [7, 11) is 0. The molecule has 1 aromatic carbocycles. The second-order valence-electron chi connectivity index (χ2n) is 5.61. The van der Waals surface area contributed by atoms with Crippen LogP contribution in [0.2, 0.25) is 0 Å². The smallest absolute Gasteiger partial charge is 0.363 e. The van der Waals surface area contributed by atoms with Crippen molar-refractivity contribution in [1.82, 2.24) is 4.98 Å². The second-order valence-corrected chi connectivity index (χ2v) is 5.61. The molecule has 0 saturated carbocycles. The van der Waals surface area contributed by atoms with Crippen LogP contribution in [0.5, 0.6) is 5.75 Å². The van der Waals surface area contributed by atoms with Crippen molar-refractivity contribution in [2.24, 2.45) is 0 Å². The molecule has 0 saturated heterocycles. The molecule has 6 heteroatoms. The van der Waals surface area contributed by atoms with E-state index >= 15 is 0 Å². The standard InChI is InChI=1S/C19H17N2O3.BrH/c1-2-23-19(22)18-16(21-7-4-3-5-8-21)11-14-12-17-13(6-9-24-17)10-15(14)20-18;/h3-5,7-8,10-12H,2,6,9H2,1H3;1H/q+1;/p-1. The highest BCUT2D eigenvalue weighted by molar-refractivity contribution is 5.95. The molecule has 1 aliphatic rings. The number of pyridine rings is 2. The van der Waals surface area contributed by atoms with Crippen molar-refractivity contribution in [3.8, 4) is 11.4 Å². The number of nitrogens with zero attached hydrogens (tertiary/aromatic N) is 2. The van der Waals surface area contributed by atoms with Gasteiger partial charge in [-0.2, -0.15) is 4.57 Å². The number of halogens is 1. The van der Waals surface area contributed by atoms with Gasteiger partial charge in [0.1, 0.15) is 5.75 Å². The van der Waals surface area contributed by atoms with E-state index in [0.29, 0.717) is 24.6 Å². The van der Waals surface area contributed by atoms with Gasteiger partial charge in [0.25, 0.3) is 0 Å². The highest BCUT2D eigenvalue weighted by Crippen LogP contribution is 2.30. The molecule has 0 amide bonds. The van der Waals surface area contributed by atoms with Gasteiger partial charge in [0, 0.05) is 30.0 Å². The van der Waals surface area contributed by atoms with E-state index in [0.717, 1.165) is 28.6 Å². The number of aromatic nitrogens is 2. The van der Waals surface area contributed by atoms with Gasteiger partial charge in [-0.25, -0.2) is 9.78 Å². The molecule has 0 radical (unpaired) electrons. The van der Waals surface area contributed by atoms with E-state index in [2.05, 4.69) is 4.98 Å². The summed E-state index contributed by atoms with van der Waals surface area (Å²) >= 11 is 0. The fourth-order valence-corrected chi connectivity index (χ4v) is 2.94. The lowest BCUT2D eigenvalue weighted by Gasteiger charge is -2.07. The fourth-order valence-electron chi connectivity index (χ4n) is 2.94. The molecule has 3 aromatic rings. The molecule has 0 aliphatic carbocycles. The maximum atomic E-state index is 12.4. The van der Waals surface area contributed by atoms with Gasteiger partial charge < -0.3 is 26.5 Å². The topological polar surface area (TPSA) is 52.3 Å². The number of benzene rings is 1. The number of carbonyl (C=O) groups is 1. The minimum absolute atomic E-state index is 0. The summed E-state index contributed by atoms with van der Waals surface area (Å²) in [6.45, 7) is 2.80. The molecule has 3 heterocycles. The third kappa shape index (κ3) is 3.22. The van der Waals surface area contributed by atoms with Crippen molar-refractivity contribution >= 4 is 16.9 Å². The van der Waals surface area contributed by atoms with E-state index in [9.17, 15) is 4.79 Å². The number of carbonyl (C=O) groups excluding carboxylic acids is 1. The van der Waals surface area contributed by atoms with E-state index in [1.54, 1.807) is 6.92 Å². The Morgan fingerprint density at radius 3 is 2.80 bits per heavy atom. The first-order chi connectivity index (χ1) is 11.8. The molecule has 0 atom stereocenters. The molecule has 2 aromatic heterocycles. The van der Waals surface area contributed by atoms with Crippen LogP contribution in [0.1, 0.15) is 23.0 Å². The SMILES string of the molecule is CCOC(=O)c1nc2cc3c(cc2cc1-[n+]1ccccc1)OCC3.[Br-]. The Balaban J connectivity index is 0.00000182. The van der Waals surface area contributed by atoms with Crippen LogP contribution in [0, 0.1) is 0 Å². The van der Waals surface area contributed by atoms with E-state index < -0.39 is 5.97 Å². The largest absolute Gasteiger partial charge is 1.00 e.